The predicted octanol–water partition coefficient (Wildman–Crippen LogP) is 0.359. The van der Waals surface area contributed by atoms with Crippen LogP contribution in [0.2, 0.25) is 0 Å². The number of nitrogens with two attached hydrogens (primary N) is 1. The van der Waals surface area contributed by atoms with E-state index in [1.807, 2.05) is 0 Å². The Morgan fingerprint density at radius 2 is 1.73 bits per heavy atom. The van der Waals surface area contributed by atoms with Crippen LogP contribution in [0.4, 0.5) is 0 Å². The zero-order chi connectivity index (χ0) is 16.3. The van der Waals surface area contributed by atoms with Gasteiger partial charge in [0, 0.05) is 18.7 Å². The minimum Gasteiger partial charge on any atom is -0.469 e. The van der Waals surface area contributed by atoms with Crippen LogP contribution in [0, 0.1) is 5.92 Å². The summed E-state index contributed by atoms with van der Waals surface area (Å²) >= 11 is 0. The number of primary amides is 1. The first-order valence-electron chi connectivity index (χ1n) is 6.84. The molecule has 1 saturated heterocycles. The fourth-order valence-electron chi connectivity index (χ4n) is 2.44. The lowest BCUT2D eigenvalue weighted by molar-refractivity contribution is -0.146. The summed E-state index contributed by atoms with van der Waals surface area (Å²) in [5.41, 5.74) is 5.38. The van der Waals surface area contributed by atoms with E-state index in [9.17, 15) is 18.0 Å². The number of hydrogen-bond acceptors (Lipinski definition) is 5. The second-order valence-corrected chi connectivity index (χ2v) is 7.03. The minimum absolute atomic E-state index is 0.106. The molecule has 1 aromatic rings. The number of amides is 1. The van der Waals surface area contributed by atoms with Crippen LogP contribution < -0.4 is 5.73 Å². The molecule has 0 bridgehead atoms. The average Bonchev–Trinajstić information content (AvgIpc) is 2.54. The van der Waals surface area contributed by atoms with Crippen molar-refractivity contribution in [3.8, 4) is 0 Å². The van der Waals surface area contributed by atoms with Gasteiger partial charge in [-0.2, -0.15) is 4.31 Å². The van der Waals surface area contributed by atoms with Gasteiger partial charge in [0.05, 0.1) is 17.9 Å². The van der Waals surface area contributed by atoms with E-state index in [2.05, 4.69) is 4.74 Å². The Bertz CT molecular complexity index is 661. The number of methoxy groups -OCH3 is 1. The van der Waals surface area contributed by atoms with E-state index in [-0.39, 0.29) is 35.4 Å². The smallest absolute Gasteiger partial charge is 0.308 e. The van der Waals surface area contributed by atoms with E-state index in [4.69, 9.17) is 5.73 Å². The summed E-state index contributed by atoms with van der Waals surface area (Å²) in [6.45, 7) is 0.527. The molecule has 1 heterocycles. The van der Waals surface area contributed by atoms with E-state index < -0.39 is 15.9 Å². The van der Waals surface area contributed by atoms with Crippen LogP contribution in [-0.2, 0) is 19.6 Å². The molecule has 1 aromatic carbocycles. The van der Waals surface area contributed by atoms with Crippen LogP contribution >= 0.6 is 0 Å². The lowest BCUT2D eigenvalue weighted by atomic mass is 9.99. The van der Waals surface area contributed by atoms with Gasteiger partial charge in [0.1, 0.15) is 0 Å². The first-order valence-corrected chi connectivity index (χ1v) is 8.28. The van der Waals surface area contributed by atoms with Gasteiger partial charge in [-0.15, -0.1) is 0 Å². The summed E-state index contributed by atoms with van der Waals surface area (Å²) in [6, 6.07) is 5.50. The Morgan fingerprint density at radius 1 is 1.18 bits per heavy atom. The number of ether oxygens (including phenoxy) is 1. The second-order valence-electron chi connectivity index (χ2n) is 5.09. The Kier molecular flexibility index (Phi) is 4.82. The zero-order valence-electron chi connectivity index (χ0n) is 12.2. The molecule has 0 aliphatic carbocycles. The van der Waals surface area contributed by atoms with Gasteiger partial charge in [0.2, 0.25) is 15.9 Å². The molecule has 0 aromatic heterocycles. The molecule has 1 aliphatic rings. The normalized spacial score (nSPS) is 17.1. The number of nitrogens with zero attached hydrogens (tertiary/aromatic N) is 1. The van der Waals surface area contributed by atoms with Crippen molar-refractivity contribution in [2.45, 2.75) is 17.7 Å². The number of carbonyl (C=O) groups excluding carboxylic acids is 2. The summed E-state index contributed by atoms with van der Waals surface area (Å²) in [5, 5.41) is 0. The molecule has 1 aliphatic heterocycles. The van der Waals surface area contributed by atoms with Gasteiger partial charge in [-0.05, 0) is 37.1 Å². The highest BCUT2D eigenvalue weighted by Crippen LogP contribution is 2.24. The summed E-state index contributed by atoms with van der Waals surface area (Å²) in [4.78, 5) is 22.6. The number of sulfonamides is 1. The standard InChI is InChI=1S/C14H18N2O5S/c1-21-14(18)11-6-8-16(9-7-11)22(19,20)12-4-2-10(3-5-12)13(15)17/h2-5,11H,6-9H2,1H3,(H2,15,17). The topological polar surface area (TPSA) is 107 Å². The number of hydrogen-bond donors (Lipinski definition) is 1. The molecule has 1 amide bonds. The van der Waals surface area contributed by atoms with Crippen molar-refractivity contribution >= 4 is 21.9 Å². The monoisotopic (exact) mass is 326 g/mol. The molecule has 22 heavy (non-hydrogen) atoms. The van der Waals surface area contributed by atoms with Gasteiger partial charge in [0.25, 0.3) is 0 Å². The highest BCUT2D eigenvalue weighted by atomic mass is 32.2. The Balaban J connectivity index is 2.11. The largest absolute Gasteiger partial charge is 0.469 e. The molecule has 0 saturated carbocycles. The maximum absolute atomic E-state index is 12.5. The van der Waals surface area contributed by atoms with E-state index in [1.54, 1.807) is 0 Å². The molecule has 120 valence electrons. The third-order valence-corrected chi connectivity index (χ3v) is 5.68. The number of piperidine rings is 1. The van der Waals surface area contributed by atoms with Gasteiger partial charge < -0.3 is 10.5 Å². The molecule has 0 radical (unpaired) electrons. The van der Waals surface area contributed by atoms with Crippen molar-refractivity contribution in [2.75, 3.05) is 20.2 Å². The van der Waals surface area contributed by atoms with Crippen LogP contribution in [-0.4, -0.2) is 44.8 Å². The first kappa shape index (κ1) is 16.4. The average molecular weight is 326 g/mol. The summed E-state index contributed by atoms with van der Waals surface area (Å²) < 4.78 is 31.0. The Morgan fingerprint density at radius 3 is 2.18 bits per heavy atom. The highest BCUT2D eigenvalue weighted by molar-refractivity contribution is 7.89. The molecule has 2 rings (SSSR count). The van der Waals surface area contributed by atoms with Crippen molar-refractivity contribution < 1.29 is 22.7 Å². The lowest BCUT2D eigenvalue weighted by Crippen LogP contribution is -2.40. The van der Waals surface area contributed by atoms with Gasteiger partial charge >= 0.3 is 5.97 Å². The third kappa shape index (κ3) is 3.28. The molecular formula is C14H18N2O5S. The summed E-state index contributed by atoms with van der Waals surface area (Å²) in [6.07, 6.45) is 0.872. The van der Waals surface area contributed by atoms with E-state index in [0.717, 1.165) is 0 Å². The van der Waals surface area contributed by atoms with Crippen LogP contribution in [0.5, 0.6) is 0 Å². The Labute approximate surface area is 129 Å². The highest BCUT2D eigenvalue weighted by Gasteiger charge is 2.32. The second kappa shape index (κ2) is 6.45. The molecule has 0 atom stereocenters. The summed E-state index contributed by atoms with van der Waals surface area (Å²) in [7, 11) is -2.31. The fraction of sp³-hybridized carbons (Fsp3) is 0.429. The fourth-order valence-corrected chi connectivity index (χ4v) is 3.91. The van der Waals surface area contributed by atoms with Crippen LogP contribution in [0.1, 0.15) is 23.2 Å². The molecule has 8 heteroatoms. The maximum Gasteiger partial charge on any atom is 0.308 e. The van der Waals surface area contributed by atoms with Crippen molar-refractivity contribution in [3.05, 3.63) is 29.8 Å². The van der Waals surface area contributed by atoms with Crippen molar-refractivity contribution in [3.63, 3.8) is 0 Å². The van der Waals surface area contributed by atoms with E-state index in [1.165, 1.54) is 35.7 Å². The maximum atomic E-state index is 12.5. The molecule has 2 N–H and O–H groups in total. The van der Waals surface area contributed by atoms with Crippen LogP contribution in [0.25, 0.3) is 0 Å². The van der Waals surface area contributed by atoms with Crippen LogP contribution in [0.3, 0.4) is 0 Å². The first-order chi connectivity index (χ1) is 10.4. The lowest BCUT2D eigenvalue weighted by Gasteiger charge is -2.29. The molecule has 0 spiro atoms. The van der Waals surface area contributed by atoms with Crippen LogP contribution in [0.15, 0.2) is 29.2 Å². The molecular weight excluding hydrogens is 308 g/mol. The molecule has 0 unspecified atom stereocenters. The van der Waals surface area contributed by atoms with Crippen molar-refractivity contribution in [1.82, 2.24) is 4.31 Å². The third-order valence-electron chi connectivity index (χ3n) is 3.77. The summed E-state index contributed by atoms with van der Waals surface area (Å²) in [5.74, 6) is -1.17. The van der Waals surface area contributed by atoms with Gasteiger partial charge in [-0.25, -0.2) is 8.42 Å². The zero-order valence-corrected chi connectivity index (χ0v) is 13.0. The number of carbonyl (C=O) groups is 2. The quantitative estimate of drug-likeness (QED) is 0.804. The Hall–Kier alpha value is -1.93. The molecule has 1 fully saturated rings. The molecule has 7 nitrogen and oxygen atoms in total. The SMILES string of the molecule is COC(=O)C1CCN(S(=O)(=O)c2ccc(C(N)=O)cc2)CC1. The number of benzene rings is 1. The van der Waals surface area contributed by atoms with Gasteiger partial charge in [-0.1, -0.05) is 0 Å². The number of esters is 1. The predicted molar refractivity (Wildman–Crippen MR) is 78.5 cm³/mol. The number of rotatable bonds is 4. The van der Waals surface area contributed by atoms with Crippen molar-refractivity contribution in [1.29, 1.82) is 0 Å². The minimum atomic E-state index is -3.63. The van der Waals surface area contributed by atoms with E-state index >= 15 is 0 Å². The van der Waals surface area contributed by atoms with Crippen molar-refractivity contribution in [2.24, 2.45) is 11.7 Å². The van der Waals surface area contributed by atoms with Gasteiger partial charge in [0.15, 0.2) is 0 Å². The van der Waals surface area contributed by atoms with Gasteiger partial charge in [-0.3, -0.25) is 9.59 Å². The van der Waals surface area contributed by atoms with E-state index in [0.29, 0.717) is 12.8 Å².